The molecule has 40 heavy (non-hydrogen) atoms. The van der Waals surface area contributed by atoms with E-state index in [1.54, 1.807) is 23.0 Å². The maximum absolute atomic E-state index is 14.8. The minimum absolute atomic E-state index is 0.199. The molecule has 1 aliphatic carbocycles. The molecule has 0 aliphatic heterocycles. The fourth-order valence-corrected chi connectivity index (χ4v) is 5.42. The molecule has 3 aromatic heterocycles. The summed E-state index contributed by atoms with van der Waals surface area (Å²) in [7, 11) is 4.04. The van der Waals surface area contributed by atoms with Gasteiger partial charge in [0.05, 0.1) is 35.0 Å². The van der Waals surface area contributed by atoms with E-state index in [1.807, 2.05) is 49.4 Å². The van der Waals surface area contributed by atoms with Crippen LogP contribution < -0.4 is 4.72 Å². The van der Waals surface area contributed by atoms with Crippen molar-refractivity contribution in [1.82, 2.24) is 33.9 Å². The van der Waals surface area contributed by atoms with E-state index in [-0.39, 0.29) is 5.56 Å². The van der Waals surface area contributed by atoms with Crippen LogP contribution in [0.1, 0.15) is 18.5 Å². The molecule has 1 unspecified atom stereocenters. The van der Waals surface area contributed by atoms with Crippen LogP contribution in [0.2, 0.25) is 0 Å². The number of rotatable bonds is 9. The van der Waals surface area contributed by atoms with Gasteiger partial charge in [0.15, 0.2) is 0 Å². The SMILES string of the molecule is CN(C)CCn1cc(-c2ccc3c(c2)ncn3-c2cc(-c3ccc(F)cc3F)cc(C3(NS(=O)O)CC3)n2)cn1. The number of likely N-dealkylation sites (N-methyl/N-ethyl adjacent to an activating group) is 1. The predicted octanol–water partition coefficient (Wildman–Crippen LogP) is 4.51. The van der Waals surface area contributed by atoms with Gasteiger partial charge in [-0.3, -0.25) is 13.8 Å². The van der Waals surface area contributed by atoms with Gasteiger partial charge in [-0.2, -0.15) is 5.10 Å². The minimum atomic E-state index is -2.26. The van der Waals surface area contributed by atoms with Crippen molar-refractivity contribution in [3.8, 4) is 28.1 Å². The quantitative estimate of drug-likeness (QED) is 0.256. The molecule has 0 bridgehead atoms. The second-order valence-electron chi connectivity index (χ2n) is 10.3. The molecule has 3 heterocycles. The van der Waals surface area contributed by atoms with Crippen LogP contribution in [0.4, 0.5) is 8.78 Å². The monoisotopic (exact) mass is 563 g/mol. The second kappa shape index (κ2) is 10.3. The number of hydrogen-bond acceptors (Lipinski definition) is 5. The molecule has 1 fully saturated rings. The molecule has 0 spiro atoms. The number of benzene rings is 2. The Bertz CT molecular complexity index is 1750. The molecular formula is C28H27F2N7O2S. The first-order valence-electron chi connectivity index (χ1n) is 12.7. The first kappa shape index (κ1) is 26.4. The topological polar surface area (TPSA) is 101 Å². The van der Waals surface area contributed by atoms with Crippen molar-refractivity contribution in [3.05, 3.63) is 84.6 Å². The molecule has 5 aromatic rings. The normalized spacial score (nSPS) is 15.2. The highest BCUT2D eigenvalue weighted by Gasteiger charge is 2.47. The Hall–Kier alpha value is -3.84. The summed E-state index contributed by atoms with van der Waals surface area (Å²) in [4.78, 5) is 11.5. The lowest BCUT2D eigenvalue weighted by atomic mass is 10.0. The van der Waals surface area contributed by atoms with E-state index in [2.05, 4.69) is 19.7 Å². The van der Waals surface area contributed by atoms with Gasteiger partial charge >= 0.3 is 0 Å². The van der Waals surface area contributed by atoms with Crippen molar-refractivity contribution in [2.75, 3.05) is 20.6 Å². The number of nitrogens with zero attached hydrogens (tertiary/aromatic N) is 6. The third kappa shape index (κ3) is 5.18. The van der Waals surface area contributed by atoms with Crippen LogP contribution in [-0.4, -0.2) is 58.6 Å². The van der Waals surface area contributed by atoms with Crippen LogP contribution in [-0.2, 0) is 23.4 Å². The van der Waals surface area contributed by atoms with E-state index in [0.29, 0.717) is 29.9 Å². The molecule has 12 heteroatoms. The third-order valence-electron chi connectivity index (χ3n) is 7.11. The van der Waals surface area contributed by atoms with Gasteiger partial charge in [-0.05, 0) is 74.5 Å². The van der Waals surface area contributed by atoms with Gasteiger partial charge in [-0.15, -0.1) is 0 Å². The predicted molar refractivity (Wildman–Crippen MR) is 149 cm³/mol. The number of imidazole rings is 1. The van der Waals surface area contributed by atoms with Gasteiger partial charge in [0.2, 0.25) is 11.3 Å². The minimum Gasteiger partial charge on any atom is -0.308 e. The average molecular weight is 564 g/mol. The van der Waals surface area contributed by atoms with Gasteiger partial charge < -0.3 is 4.90 Å². The summed E-state index contributed by atoms with van der Waals surface area (Å²) in [5, 5.41) is 4.46. The summed E-state index contributed by atoms with van der Waals surface area (Å²) >= 11 is -2.26. The molecule has 1 saturated carbocycles. The van der Waals surface area contributed by atoms with E-state index < -0.39 is 28.4 Å². The highest BCUT2D eigenvalue weighted by Crippen LogP contribution is 2.46. The highest BCUT2D eigenvalue weighted by atomic mass is 32.2. The van der Waals surface area contributed by atoms with E-state index in [9.17, 15) is 17.5 Å². The molecule has 2 N–H and O–H groups in total. The number of aromatic nitrogens is 5. The lowest BCUT2D eigenvalue weighted by molar-refractivity contribution is 0.373. The summed E-state index contributed by atoms with van der Waals surface area (Å²) in [5.41, 5.74) is 3.81. The fourth-order valence-electron chi connectivity index (χ4n) is 4.78. The molecule has 0 amide bonds. The largest absolute Gasteiger partial charge is 0.308 e. The zero-order valence-electron chi connectivity index (χ0n) is 21.9. The van der Waals surface area contributed by atoms with Gasteiger partial charge in [-0.25, -0.2) is 27.7 Å². The molecule has 206 valence electrons. The van der Waals surface area contributed by atoms with E-state index in [4.69, 9.17) is 4.98 Å². The Morgan fingerprint density at radius 1 is 1.07 bits per heavy atom. The second-order valence-corrected chi connectivity index (χ2v) is 11.0. The standard InChI is InChI=1S/C28H27F2N7O2S/c1-35(2)9-10-36-16-20(15-32-36)18-3-6-25-24(11-18)31-17-37(25)27-13-19(22-5-4-21(29)14-23(22)30)12-26(33-27)28(7-8-28)34-40(38)39/h3-6,11-17,34H,7-10H2,1-2H3,(H,38,39). The Labute approximate surface area is 231 Å². The Morgan fingerprint density at radius 2 is 1.90 bits per heavy atom. The van der Waals surface area contributed by atoms with Crippen LogP contribution in [0.3, 0.4) is 0 Å². The zero-order chi connectivity index (χ0) is 28.0. The van der Waals surface area contributed by atoms with E-state index in [0.717, 1.165) is 41.3 Å². The molecule has 9 nitrogen and oxygen atoms in total. The fraction of sp³-hybridized carbons (Fsp3) is 0.250. The number of fused-ring (bicyclic) bond motifs is 1. The van der Waals surface area contributed by atoms with Gasteiger partial charge in [0.1, 0.15) is 23.8 Å². The molecule has 0 saturated heterocycles. The van der Waals surface area contributed by atoms with E-state index in [1.165, 1.54) is 12.1 Å². The maximum Gasteiger partial charge on any atom is 0.232 e. The van der Waals surface area contributed by atoms with Crippen molar-refractivity contribution < 1.29 is 17.5 Å². The molecular weight excluding hydrogens is 536 g/mol. The van der Waals surface area contributed by atoms with Crippen molar-refractivity contribution >= 4 is 22.3 Å². The van der Waals surface area contributed by atoms with Gasteiger partial charge in [-0.1, -0.05) is 6.07 Å². The first-order chi connectivity index (χ1) is 19.2. The summed E-state index contributed by atoms with van der Waals surface area (Å²) in [6.45, 7) is 1.66. The third-order valence-corrected chi connectivity index (χ3v) is 7.68. The van der Waals surface area contributed by atoms with Crippen molar-refractivity contribution in [2.45, 2.75) is 24.9 Å². The Kier molecular flexibility index (Phi) is 6.78. The van der Waals surface area contributed by atoms with Crippen molar-refractivity contribution in [2.24, 2.45) is 0 Å². The van der Waals surface area contributed by atoms with Crippen LogP contribution in [0, 0.1) is 11.6 Å². The Balaban J connectivity index is 1.41. The highest BCUT2D eigenvalue weighted by molar-refractivity contribution is 7.77. The van der Waals surface area contributed by atoms with Crippen molar-refractivity contribution in [3.63, 3.8) is 0 Å². The lowest BCUT2D eigenvalue weighted by Crippen LogP contribution is -2.31. The van der Waals surface area contributed by atoms with Crippen molar-refractivity contribution in [1.29, 1.82) is 0 Å². The summed E-state index contributed by atoms with van der Waals surface area (Å²) in [6, 6.07) is 12.7. The van der Waals surface area contributed by atoms with Crippen LogP contribution >= 0.6 is 0 Å². The molecule has 0 radical (unpaired) electrons. The Morgan fingerprint density at radius 3 is 2.62 bits per heavy atom. The molecule has 1 aliphatic rings. The number of pyridine rings is 1. The molecule has 1 atom stereocenters. The molecule has 6 rings (SSSR count). The number of hydrogen-bond donors (Lipinski definition) is 2. The average Bonchev–Trinajstić information content (AvgIpc) is 3.33. The zero-order valence-corrected chi connectivity index (χ0v) is 22.7. The summed E-state index contributed by atoms with van der Waals surface area (Å²) in [6.07, 6.45) is 6.66. The van der Waals surface area contributed by atoms with Crippen LogP contribution in [0.25, 0.3) is 39.1 Å². The smallest absolute Gasteiger partial charge is 0.232 e. The lowest BCUT2D eigenvalue weighted by Gasteiger charge is -2.18. The summed E-state index contributed by atoms with van der Waals surface area (Å²) in [5.74, 6) is -0.927. The summed E-state index contributed by atoms with van der Waals surface area (Å²) < 4.78 is 56.0. The van der Waals surface area contributed by atoms with Gasteiger partial charge in [0, 0.05) is 29.9 Å². The number of halogens is 2. The van der Waals surface area contributed by atoms with E-state index >= 15 is 0 Å². The number of nitrogens with one attached hydrogen (secondary N) is 1. The first-order valence-corrected chi connectivity index (χ1v) is 13.8. The van der Waals surface area contributed by atoms with Crippen LogP contribution in [0.5, 0.6) is 0 Å². The molecule has 2 aromatic carbocycles. The maximum atomic E-state index is 14.8. The van der Waals surface area contributed by atoms with Crippen LogP contribution in [0.15, 0.2) is 67.3 Å². The van der Waals surface area contributed by atoms with Gasteiger partial charge in [0.25, 0.3) is 0 Å².